The summed E-state index contributed by atoms with van der Waals surface area (Å²) in [4.78, 5) is 13.9. The molecule has 3 nitrogen and oxygen atoms in total. The average molecular weight is 295 g/mol. The van der Waals surface area contributed by atoms with Crippen LogP contribution in [0.15, 0.2) is 0 Å². The van der Waals surface area contributed by atoms with Crippen molar-refractivity contribution in [2.45, 2.75) is 38.0 Å². The Balaban J connectivity index is 0.00000133. The average Bonchev–Trinajstić information content (AvgIpc) is 2.74. The standard InChI is InChI=1S/C13H20F2N2O.ClH/c14-13(15)7-10(8-13)11(18)17-5-2-12(3-6-17)1-4-16-9-12;/h10,16H,1-9H2;1H. The van der Waals surface area contributed by atoms with Gasteiger partial charge in [-0.15, -0.1) is 12.4 Å². The SMILES string of the molecule is Cl.O=C(C1CC(F)(F)C1)N1CCC2(CCNC2)CC1. The molecule has 0 aromatic heterocycles. The van der Waals surface area contributed by atoms with Gasteiger partial charge in [-0.3, -0.25) is 4.79 Å². The summed E-state index contributed by atoms with van der Waals surface area (Å²) < 4.78 is 25.6. The minimum absolute atomic E-state index is 0. The van der Waals surface area contributed by atoms with E-state index < -0.39 is 11.8 Å². The molecule has 0 radical (unpaired) electrons. The lowest BCUT2D eigenvalue weighted by Crippen LogP contribution is -2.50. The molecule has 2 saturated heterocycles. The minimum atomic E-state index is -2.59. The lowest BCUT2D eigenvalue weighted by molar-refractivity contribution is -0.161. The van der Waals surface area contributed by atoms with Crippen LogP contribution >= 0.6 is 12.4 Å². The van der Waals surface area contributed by atoms with E-state index in [9.17, 15) is 13.6 Å². The number of amides is 1. The van der Waals surface area contributed by atoms with Crippen molar-refractivity contribution in [3.05, 3.63) is 0 Å². The Hall–Kier alpha value is -0.420. The molecule has 0 bridgehead atoms. The van der Waals surface area contributed by atoms with E-state index in [0.29, 0.717) is 5.41 Å². The third kappa shape index (κ3) is 2.87. The number of alkyl halides is 2. The van der Waals surface area contributed by atoms with Crippen LogP contribution in [0, 0.1) is 11.3 Å². The summed E-state index contributed by atoms with van der Waals surface area (Å²) in [6.45, 7) is 3.63. The van der Waals surface area contributed by atoms with Crippen molar-refractivity contribution in [2.75, 3.05) is 26.2 Å². The van der Waals surface area contributed by atoms with Gasteiger partial charge < -0.3 is 10.2 Å². The molecule has 0 aromatic rings. The Kier molecular flexibility index (Phi) is 4.07. The second-order valence-corrected chi connectivity index (χ2v) is 6.21. The summed E-state index contributed by atoms with van der Waals surface area (Å²) in [6.07, 6.45) is 2.75. The van der Waals surface area contributed by atoms with Crippen molar-refractivity contribution in [1.29, 1.82) is 0 Å². The number of halogens is 3. The maximum Gasteiger partial charge on any atom is 0.249 e. The first-order valence-electron chi connectivity index (χ1n) is 6.87. The highest BCUT2D eigenvalue weighted by Gasteiger charge is 2.50. The minimum Gasteiger partial charge on any atom is -0.342 e. The number of rotatable bonds is 1. The van der Waals surface area contributed by atoms with Gasteiger partial charge in [-0.2, -0.15) is 0 Å². The van der Waals surface area contributed by atoms with E-state index in [1.807, 2.05) is 4.90 Å². The lowest BCUT2D eigenvalue weighted by Gasteiger charge is -2.42. The fraction of sp³-hybridized carbons (Fsp3) is 0.923. The van der Waals surface area contributed by atoms with E-state index in [4.69, 9.17) is 0 Å². The molecule has 1 aliphatic carbocycles. The van der Waals surface area contributed by atoms with E-state index in [1.54, 1.807) is 0 Å². The number of hydrogen-bond donors (Lipinski definition) is 1. The largest absolute Gasteiger partial charge is 0.342 e. The molecule has 0 unspecified atom stereocenters. The van der Waals surface area contributed by atoms with Gasteiger partial charge in [0.15, 0.2) is 0 Å². The number of nitrogens with one attached hydrogen (secondary N) is 1. The van der Waals surface area contributed by atoms with Crippen LogP contribution in [-0.4, -0.2) is 42.9 Å². The smallest absolute Gasteiger partial charge is 0.249 e. The van der Waals surface area contributed by atoms with Crippen molar-refractivity contribution in [3.63, 3.8) is 0 Å². The molecule has 0 atom stereocenters. The van der Waals surface area contributed by atoms with Crippen molar-refractivity contribution in [1.82, 2.24) is 10.2 Å². The zero-order valence-corrected chi connectivity index (χ0v) is 11.8. The molecule has 0 aromatic carbocycles. The number of hydrogen-bond acceptors (Lipinski definition) is 2. The van der Waals surface area contributed by atoms with E-state index in [0.717, 1.165) is 39.0 Å². The van der Waals surface area contributed by atoms with Crippen molar-refractivity contribution >= 4 is 18.3 Å². The lowest BCUT2D eigenvalue weighted by atomic mass is 9.76. The molecular weight excluding hydrogens is 274 g/mol. The summed E-state index contributed by atoms with van der Waals surface area (Å²) in [6, 6.07) is 0. The zero-order valence-electron chi connectivity index (χ0n) is 11.0. The molecule has 1 spiro atoms. The predicted octanol–water partition coefficient (Wildman–Crippen LogP) is 2.06. The summed E-state index contributed by atoms with van der Waals surface area (Å²) in [5.74, 6) is -3.05. The first-order chi connectivity index (χ1) is 8.50. The van der Waals surface area contributed by atoms with Gasteiger partial charge in [0.1, 0.15) is 0 Å². The van der Waals surface area contributed by atoms with Gasteiger partial charge in [-0.05, 0) is 31.2 Å². The third-order valence-electron chi connectivity index (χ3n) is 4.91. The summed E-state index contributed by atoms with van der Waals surface area (Å²) in [5, 5.41) is 3.38. The number of likely N-dealkylation sites (tertiary alicyclic amines) is 1. The van der Waals surface area contributed by atoms with Gasteiger partial charge in [-0.25, -0.2) is 8.78 Å². The van der Waals surface area contributed by atoms with Crippen molar-refractivity contribution in [3.8, 4) is 0 Å². The fourth-order valence-corrected chi connectivity index (χ4v) is 3.52. The molecule has 6 heteroatoms. The second-order valence-electron chi connectivity index (χ2n) is 6.21. The summed E-state index contributed by atoms with van der Waals surface area (Å²) in [5.41, 5.74) is 0.375. The van der Waals surface area contributed by atoms with E-state index in [-0.39, 0.29) is 31.2 Å². The van der Waals surface area contributed by atoms with E-state index in [2.05, 4.69) is 5.32 Å². The topological polar surface area (TPSA) is 32.3 Å². The molecule has 110 valence electrons. The number of nitrogens with zero attached hydrogens (tertiary/aromatic N) is 1. The Morgan fingerprint density at radius 2 is 1.79 bits per heavy atom. The zero-order chi connectivity index (χ0) is 12.8. The molecule has 3 aliphatic rings. The maximum atomic E-state index is 12.8. The van der Waals surface area contributed by atoms with Crippen LogP contribution < -0.4 is 5.32 Å². The van der Waals surface area contributed by atoms with Crippen molar-refractivity contribution < 1.29 is 13.6 Å². The van der Waals surface area contributed by atoms with Crippen LogP contribution in [0.2, 0.25) is 0 Å². The van der Waals surface area contributed by atoms with Gasteiger partial charge in [-0.1, -0.05) is 0 Å². The second kappa shape index (κ2) is 5.17. The normalized spacial score (nSPS) is 28.8. The highest BCUT2D eigenvalue weighted by Crippen LogP contribution is 2.44. The summed E-state index contributed by atoms with van der Waals surface area (Å²) in [7, 11) is 0. The molecule has 1 amide bonds. The molecule has 3 rings (SSSR count). The molecule has 2 aliphatic heterocycles. The number of carbonyl (C=O) groups is 1. The molecule has 19 heavy (non-hydrogen) atoms. The van der Waals surface area contributed by atoms with Gasteiger partial charge >= 0.3 is 0 Å². The van der Waals surface area contributed by atoms with Crippen LogP contribution in [-0.2, 0) is 4.79 Å². The molecule has 1 N–H and O–H groups in total. The molecular formula is C13H21ClF2N2O. The number of piperidine rings is 1. The quantitative estimate of drug-likeness (QED) is 0.803. The Morgan fingerprint density at radius 3 is 2.26 bits per heavy atom. The third-order valence-corrected chi connectivity index (χ3v) is 4.91. The van der Waals surface area contributed by atoms with E-state index in [1.165, 1.54) is 6.42 Å². The highest BCUT2D eigenvalue weighted by molar-refractivity contribution is 5.85. The van der Waals surface area contributed by atoms with Crippen LogP contribution in [0.3, 0.4) is 0 Å². The molecule has 1 saturated carbocycles. The van der Waals surface area contributed by atoms with E-state index >= 15 is 0 Å². The van der Waals surface area contributed by atoms with Gasteiger partial charge in [0.2, 0.25) is 11.8 Å². The van der Waals surface area contributed by atoms with Crippen LogP contribution in [0.5, 0.6) is 0 Å². The fourth-order valence-electron chi connectivity index (χ4n) is 3.52. The van der Waals surface area contributed by atoms with Crippen LogP contribution in [0.25, 0.3) is 0 Å². The Morgan fingerprint density at radius 1 is 1.16 bits per heavy atom. The Bertz CT molecular complexity index is 341. The van der Waals surface area contributed by atoms with Gasteiger partial charge in [0, 0.05) is 38.4 Å². The molecule has 3 fully saturated rings. The summed E-state index contributed by atoms with van der Waals surface area (Å²) >= 11 is 0. The van der Waals surface area contributed by atoms with Crippen LogP contribution in [0.4, 0.5) is 8.78 Å². The Labute approximate surface area is 118 Å². The van der Waals surface area contributed by atoms with Crippen molar-refractivity contribution in [2.24, 2.45) is 11.3 Å². The predicted molar refractivity (Wildman–Crippen MR) is 70.7 cm³/mol. The van der Waals surface area contributed by atoms with Gasteiger partial charge in [0.25, 0.3) is 0 Å². The highest BCUT2D eigenvalue weighted by atomic mass is 35.5. The number of carbonyl (C=O) groups excluding carboxylic acids is 1. The molecule has 2 heterocycles. The van der Waals surface area contributed by atoms with Gasteiger partial charge in [0.05, 0.1) is 0 Å². The first-order valence-corrected chi connectivity index (χ1v) is 6.87. The maximum absolute atomic E-state index is 12.8. The first kappa shape index (κ1) is 15.0. The van der Waals surface area contributed by atoms with Crippen LogP contribution in [0.1, 0.15) is 32.1 Å². The monoisotopic (exact) mass is 294 g/mol.